The molecule has 0 atom stereocenters. The van der Waals surface area contributed by atoms with Gasteiger partial charge in [-0.1, -0.05) is 66.2 Å². The molecule has 0 saturated heterocycles. The molecular formula is C17H19NO. The molecule has 0 heterocycles. The molecule has 0 fully saturated rings. The molecule has 2 nitrogen and oxygen atoms in total. The van der Waals surface area contributed by atoms with Gasteiger partial charge in [0.25, 0.3) is 0 Å². The van der Waals surface area contributed by atoms with E-state index in [1.165, 1.54) is 11.1 Å². The van der Waals surface area contributed by atoms with E-state index < -0.39 is 0 Å². The zero-order valence-corrected chi connectivity index (χ0v) is 11.5. The molecule has 0 aliphatic rings. The van der Waals surface area contributed by atoms with Crippen molar-refractivity contribution >= 4 is 6.21 Å². The third-order valence-corrected chi connectivity index (χ3v) is 3.02. The molecule has 2 rings (SSSR count). The molecule has 0 spiro atoms. The van der Waals surface area contributed by atoms with E-state index in [9.17, 15) is 0 Å². The highest BCUT2D eigenvalue weighted by Gasteiger charge is 1.92. The molecule has 98 valence electrons. The summed E-state index contributed by atoms with van der Waals surface area (Å²) < 4.78 is 0. The minimum absolute atomic E-state index is 0.504. The quantitative estimate of drug-likeness (QED) is 0.580. The monoisotopic (exact) mass is 253 g/mol. The molecule has 0 saturated carbocycles. The Labute approximate surface area is 114 Å². The molecular weight excluding hydrogens is 234 g/mol. The van der Waals surface area contributed by atoms with Crippen LogP contribution in [-0.2, 0) is 17.9 Å². The summed E-state index contributed by atoms with van der Waals surface area (Å²) in [5, 5.41) is 3.99. The Morgan fingerprint density at radius 1 is 0.947 bits per heavy atom. The first-order valence-corrected chi connectivity index (χ1v) is 6.58. The highest BCUT2D eigenvalue weighted by molar-refractivity contribution is 5.79. The minimum atomic E-state index is 0.504. The lowest BCUT2D eigenvalue weighted by Crippen LogP contribution is -1.89. The third kappa shape index (κ3) is 4.25. The summed E-state index contributed by atoms with van der Waals surface area (Å²) >= 11 is 0. The summed E-state index contributed by atoms with van der Waals surface area (Å²) in [4.78, 5) is 5.29. The van der Waals surface area contributed by atoms with Crippen LogP contribution in [0.1, 0.15) is 29.2 Å². The predicted octanol–water partition coefficient (Wildman–Crippen LogP) is 4.11. The van der Waals surface area contributed by atoms with Crippen LogP contribution in [0.25, 0.3) is 0 Å². The van der Waals surface area contributed by atoms with E-state index in [2.05, 4.69) is 67.5 Å². The van der Waals surface area contributed by atoms with Crippen molar-refractivity contribution in [2.45, 2.75) is 26.9 Å². The van der Waals surface area contributed by atoms with Crippen molar-refractivity contribution in [3.63, 3.8) is 0 Å². The summed E-state index contributed by atoms with van der Waals surface area (Å²) in [7, 11) is 0. The number of aryl methyl sites for hydroxylation is 2. The highest BCUT2D eigenvalue weighted by atomic mass is 16.6. The van der Waals surface area contributed by atoms with Crippen LogP contribution >= 0.6 is 0 Å². The van der Waals surface area contributed by atoms with E-state index >= 15 is 0 Å². The molecule has 2 aromatic rings. The maximum Gasteiger partial charge on any atom is 0.142 e. The lowest BCUT2D eigenvalue weighted by Gasteiger charge is -2.00. The normalized spacial score (nSPS) is 10.8. The van der Waals surface area contributed by atoms with Gasteiger partial charge < -0.3 is 4.84 Å². The summed E-state index contributed by atoms with van der Waals surface area (Å²) in [5.74, 6) is 0. The fraction of sp³-hybridized carbons (Fsp3) is 0.235. The van der Waals surface area contributed by atoms with E-state index in [-0.39, 0.29) is 0 Å². The lowest BCUT2D eigenvalue weighted by atomic mass is 10.1. The van der Waals surface area contributed by atoms with Gasteiger partial charge in [0.2, 0.25) is 0 Å². The maximum atomic E-state index is 5.29. The van der Waals surface area contributed by atoms with Gasteiger partial charge in [-0.05, 0) is 30.0 Å². The molecule has 19 heavy (non-hydrogen) atoms. The summed E-state index contributed by atoms with van der Waals surface area (Å²) in [6.07, 6.45) is 2.80. The number of hydrogen-bond acceptors (Lipinski definition) is 2. The first-order chi connectivity index (χ1) is 9.28. The van der Waals surface area contributed by atoms with E-state index in [4.69, 9.17) is 4.84 Å². The van der Waals surface area contributed by atoms with Crippen molar-refractivity contribution in [1.29, 1.82) is 0 Å². The van der Waals surface area contributed by atoms with Gasteiger partial charge in [-0.15, -0.1) is 0 Å². The zero-order chi connectivity index (χ0) is 13.5. The molecule has 0 unspecified atom stereocenters. The number of nitrogens with zero attached hydrogens (tertiary/aromatic N) is 1. The van der Waals surface area contributed by atoms with Crippen LogP contribution in [0.5, 0.6) is 0 Å². The summed E-state index contributed by atoms with van der Waals surface area (Å²) in [6, 6.07) is 16.6. The third-order valence-electron chi connectivity index (χ3n) is 3.02. The van der Waals surface area contributed by atoms with Crippen LogP contribution in [0.15, 0.2) is 53.7 Å². The van der Waals surface area contributed by atoms with E-state index in [0.717, 1.165) is 17.5 Å². The zero-order valence-electron chi connectivity index (χ0n) is 11.5. The van der Waals surface area contributed by atoms with Crippen LogP contribution in [0.2, 0.25) is 0 Å². The molecule has 2 aromatic carbocycles. The van der Waals surface area contributed by atoms with E-state index in [1.807, 2.05) is 0 Å². The summed E-state index contributed by atoms with van der Waals surface area (Å²) in [5.41, 5.74) is 4.77. The average molecular weight is 253 g/mol. The van der Waals surface area contributed by atoms with Crippen LogP contribution in [0.3, 0.4) is 0 Å². The Hall–Kier alpha value is -2.09. The van der Waals surface area contributed by atoms with Gasteiger partial charge in [-0.3, -0.25) is 0 Å². The maximum absolute atomic E-state index is 5.29. The van der Waals surface area contributed by atoms with Crippen LogP contribution < -0.4 is 0 Å². The van der Waals surface area contributed by atoms with Gasteiger partial charge in [-0.2, -0.15) is 0 Å². The highest BCUT2D eigenvalue weighted by Crippen LogP contribution is 2.05. The smallest absolute Gasteiger partial charge is 0.142 e. The number of hydrogen-bond donors (Lipinski definition) is 0. The second-order valence-corrected chi connectivity index (χ2v) is 4.59. The molecule has 0 N–H and O–H groups in total. The van der Waals surface area contributed by atoms with E-state index in [0.29, 0.717) is 6.61 Å². The lowest BCUT2D eigenvalue weighted by molar-refractivity contribution is 0.132. The topological polar surface area (TPSA) is 21.6 Å². The van der Waals surface area contributed by atoms with Crippen molar-refractivity contribution in [2.75, 3.05) is 0 Å². The van der Waals surface area contributed by atoms with Crippen LogP contribution in [0, 0.1) is 6.92 Å². The van der Waals surface area contributed by atoms with Crippen molar-refractivity contribution in [2.24, 2.45) is 5.16 Å². The number of oxime groups is 1. The van der Waals surface area contributed by atoms with Crippen LogP contribution in [-0.4, -0.2) is 6.21 Å². The van der Waals surface area contributed by atoms with Crippen molar-refractivity contribution < 1.29 is 4.84 Å². The molecule has 0 bridgehead atoms. The summed E-state index contributed by atoms with van der Waals surface area (Å²) in [6.45, 7) is 4.72. The largest absolute Gasteiger partial charge is 0.391 e. The Morgan fingerprint density at radius 3 is 2.21 bits per heavy atom. The van der Waals surface area contributed by atoms with E-state index in [1.54, 1.807) is 6.21 Å². The van der Waals surface area contributed by atoms with Crippen molar-refractivity contribution in [1.82, 2.24) is 0 Å². The number of rotatable bonds is 5. The Balaban J connectivity index is 1.84. The van der Waals surface area contributed by atoms with Gasteiger partial charge in [0, 0.05) is 0 Å². The Kier molecular flexibility index (Phi) is 4.73. The molecule has 2 heteroatoms. The van der Waals surface area contributed by atoms with Gasteiger partial charge in [-0.25, -0.2) is 0 Å². The fourth-order valence-electron chi connectivity index (χ4n) is 1.73. The SMILES string of the molecule is CCc1ccc(C=NOCc2ccc(C)cc2)cc1. The second-order valence-electron chi connectivity index (χ2n) is 4.59. The Morgan fingerprint density at radius 2 is 1.58 bits per heavy atom. The molecule has 0 aromatic heterocycles. The Bertz CT molecular complexity index is 526. The predicted molar refractivity (Wildman–Crippen MR) is 79.4 cm³/mol. The van der Waals surface area contributed by atoms with Crippen molar-refractivity contribution in [3.05, 3.63) is 70.8 Å². The first-order valence-electron chi connectivity index (χ1n) is 6.58. The van der Waals surface area contributed by atoms with Crippen LogP contribution in [0.4, 0.5) is 0 Å². The molecule has 0 aliphatic carbocycles. The molecule has 0 radical (unpaired) electrons. The van der Waals surface area contributed by atoms with Crippen molar-refractivity contribution in [3.8, 4) is 0 Å². The minimum Gasteiger partial charge on any atom is -0.391 e. The first kappa shape index (κ1) is 13.3. The average Bonchev–Trinajstić information content (AvgIpc) is 2.46. The fourth-order valence-corrected chi connectivity index (χ4v) is 1.73. The molecule has 0 amide bonds. The van der Waals surface area contributed by atoms with Gasteiger partial charge >= 0.3 is 0 Å². The second kappa shape index (κ2) is 6.74. The standard InChI is InChI=1S/C17H19NO/c1-3-15-8-10-16(11-9-15)12-18-19-13-17-6-4-14(2)5-7-17/h4-12H,3,13H2,1-2H3. The number of benzene rings is 2. The van der Waals surface area contributed by atoms with Gasteiger partial charge in [0.1, 0.15) is 6.61 Å². The van der Waals surface area contributed by atoms with Gasteiger partial charge in [0.15, 0.2) is 0 Å². The molecule has 0 aliphatic heterocycles. The van der Waals surface area contributed by atoms with Gasteiger partial charge in [0.05, 0.1) is 6.21 Å².